The quantitative estimate of drug-likeness (QED) is 0.686. The first-order chi connectivity index (χ1) is 12.0. The van der Waals surface area contributed by atoms with E-state index in [4.69, 9.17) is 25.5 Å². The Labute approximate surface area is 148 Å². The van der Waals surface area contributed by atoms with Crippen LogP contribution in [0.15, 0.2) is 40.8 Å². The summed E-state index contributed by atoms with van der Waals surface area (Å²) in [5.41, 5.74) is 1.47. The van der Waals surface area contributed by atoms with Crippen molar-refractivity contribution in [3.05, 3.63) is 41.4 Å². The van der Waals surface area contributed by atoms with E-state index in [2.05, 4.69) is 4.98 Å². The average molecular weight is 362 g/mol. The zero-order valence-electron chi connectivity index (χ0n) is 13.7. The van der Waals surface area contributed by atoms with Gasteiger partial charge in [-0.05, 0) is 44.2 Å². The van der Waals surface area contributed by atoms with Gasteiger partial charge in [-0.2, -0.15) is 0 Å². The molecule has 0 aliphatic carbocycles. The third-order valence-corrected chi connectivity index (χ3v) is 3.72. The highest BCUT2D eigenvalue weighted by atomic mass is 35.5. The van der Waals surface area contributed by atoms with E-state index in [1.54, 1.807) is 44.2 Å². The van der Waals surface area contributed by atoms with Crippen LogP contribution in [0.5, 0.6) is 11.5 Å². The van der Waals surface area contributed by atoms with Crippen molar-refractivity contribution in [2.75, 3.05) is 6.61 Å². The molecule has 0 aliphatic heterocycles. The standard InChI is InChI=1S/C18H16ClNO5/c1-3-23-18(22)10(2)24-12-5-7-15(21)13(9-12)17-20-14-6-4-11(19)8-16(14)25-17/h4-10,21H,3H2,1-2H3. The Balaban J connectivity index is 1.91. The lowest BCUT2D eigenvalue weighted by atomic mass is 10.2. The van der Waals surface area contributed by atoms with Crippen LogP contribution in [0.25, 0.3) is 22.6 Å². The number of ether oxygens (including phenoxy) is 2. The molecule has 1 atom stereocenters. The predicted octanol–water partition coefficient (Wildman–Crippen LogP) is 4.18. The molecule has 0 aliphatic rings. The highest BCUT2D eigenvalue weighted by Gasteiger charge is 2.18. The molecule has 1 heterocycles. The minimum Gasteiger partial charge on any atom is -0.507 e. The number of phenolic OH excluding ortho intramolecular Hbond substituents is 1. The van der Waals surface area contributed by atoms with Gasteiger partial charge in [-0.3, -0.25) is 0 Å². The number of fused-ring (bicyclic) bond motifs is 1. The topological polar surface area (TPSA) is 81.8 Å². The predicted molar refractivity (Wildman–Crippen MR) is 92.8 cm³/mol. The molecule has 25 heavy (non-hydrogen) atoms. The van der Waals surface area contributed by atoms with Crippen molar-refractivity contribution in [3.8, 4) is 23.0 Å². The van der Waals surface area contributed by atoms with Crippen molar-refractivity contribution >= 4 is 28.7 Å². The Hall–Kier alpha value is -2.73. The number of carbonyl (C=O) groups excluding carboxylic acids is 1. The molecule has 2 aromatic carbocycles. The molecule has 0 spiro atoms. The van der Waals surface area contributed by atoms with Gasteiger partial charge in [0.25, 0.3) is 0 Å². The van der Waals surface area contributed by atoms with Gasteiger partial charge in [0.1, 0.15) is 17.0 Å². The van der Waals surface area contributed by atoms with Crippen LogP contribution in [0.1, 0.15) is 13.8 Å². The van der Waals surface area contributed by atoms with Crippen molar-refractivity contribution in [2.45, 2.75) is 20.0 Å². The van der Waals surface area contributed by atoms with E-state index in [9.17, 15) is 9.90 Å². The largest absolute Gasteiger partial charge is 0.507 e. The molecule has 0 saturated carbocycles. The second-order valence-electron chi connectivity index (χ2n) is 5.32. The van der Waals surface area contributed by atoms with Crippen molar-refractivity contribution in [1.29, 1.82) is 0 Å². The van der Waals surface area contributed by atoms with E-state index in [1.165, 1.54) is 6.07 Å². The minimum absolute atomic E-state index is 0.0196. The molecule has 0 radical (unpaired) electrons. The monoisotopic (exact) mass is 361 g/mol. The van der Waals surface area contributed by atoms with E-state index in [0.717, 1.165) is 0 Å². The van der Waals surface area contributed by atoms with Crippen LogP contribution >= 0.6 is 11.6 Å². The molecule has 0 saturated heterocycles. The summed E-state index contributed by atoms with van der Waals surface area (Å²) in [6.07, 6.45) is -0.778. The maximum Gasteiger partial charge on any atom is 0.347 e. The molecule has 0 fully saturated rings. The highest BCUT2D eigenvalue weighted by Crippen LogP contribution is 2.34. The van der Waals surface area contributed by atoms with Crippen LogP contribution in [0.3, 0.4) is 0 Å². The number of aromatic hydroxyl groups is 1. The van der Waals surface area contributed by atoms with Gasteiger partial charge in [-0.1, -0.05) is 11.6 Å². The molecule has 6 nitrogen and oxygen atoms in total. The number of halogens is 1. The Kier molecular flexibility index (Phi) is 4.81. The van der Waals surface area contributed by atoms with Gasteiger partial charge in [0, 0.05) is 11.1 Å². The van der Waals surface area contributed by atoms with Gasteiger partial charge in [0.2, 0.25) is 5.89 Å². The summed E-state index contributed by atoms with van der Waals surface area (Å²) in [6.45, 7) is 3.59. The molecule has 130 valence electrons. The minimum atomic E-state index is -0.778. The van der Waals surface area contributed by atoms with E-state index < -0.39 is 12.1 Å². The van der Waals surface area contributed by atoms with Crippen LogP contribution in [-0.2, 0) is 9.53 Å². The van der Waals surface area contributed by atoms with Crippen molar-refractivity contribution in [2.24, 2.45) is 0 Å². The molecule has 3 aromatic rings. The number of hydrogen-bond acceptors (Lipinski definition) is 6. The molecular weight excluding hydrogens is 346 g/mol. The Morgan fingerprint density at radius 2 is 2.12 bits per heavy atom. The Bertz CT molecular complexity index is 921. The van der Waals surface area contributed by atoms with Crippen LogP contribution in [0, 0.1) is 0 Å². The van der Waals surface area contributed by atoms with E-state index >= 15 is 0 Å². The zero-order valence-corrected chi connectivity index (χ0v) is 14.4. The van der Waals surface area contributed by atoms with Crippen LogP contribution in [-0.4, -0.2) is 28.8 Å². The van der Waals surface area contributed by atoms with Crippen molar-refractivity contribution < 1.29 is 23.8 Å². The van der Waals surface area contributed by atoms with E-state index in [0.29, 0.717) is 27.4 Å². The fourth-order valence-corrected chi connectivity index (χ4v) is 2.45. The summed E-state index contributed by atoms with van der Waals surface area (Å²) < 4.78 is 16.1. The van der Waals surface area contributed by atoms with Crippen molar-refractivity contribution in [1.82, 2.24) is 4.98 Å². The van der Waals surface area contributed by atoms with Crippen LogP contribution in [0.2, 0.25) is 5.02 Å². The number of nitrogens with zero attached hydrogens (tertiary/aromatic N) is 1. The van der Waals surface area contributed by atoms with E-state index in [-0.39, 0.29) is 18.2 Å². The smallest absolute Gasteiger partial charge is 0.347 e. The molecule has 1 unspecified atom stereocenters. The number of carbonyl (C=O) groups is 1. The van der Waals surface area contributed by atoms with Gasteiger partial charge in [0.15, 0.2) is 11.7 Å². The normalized spacial score (nSPS) is 12.1. The first-order valence-corrected chi connectivity index (χ1v) is 8.08. The number of esters is 1. The van der Waals surface area contributed by atoms with Gasteiger partial charge < -0.3 is 19.0 Å². The molecule has 1 aromatic heterocycles. The number of benzene rings is 2. The number of hydrogen-bond donors (Lipinski definition) is 1. The zero-order chi connectivity index (χ0) is 18.0. The summed E-state index contributed by atoms with van der Waals surface area (Å²) in [5, 5.41) is 10.6. The van der Waals surface area contributed by atoms with Gasteiger partial charge in [-0.25, -0.2) is 9.78 Å². The van der Waals surface area contributed by atoms with Crippen LogP contribution in [0.4, 0.5) is 0 Å². The number of rotatable bonds is 5. The summed E-state index contributed by atoms with van der Waals surface area (Å²) in [7, 11) is 0. The average Bonchev–Trinajstić information content (AvgIpc) is 2.99. The number of aromatic nitrogens is 1. The fraction of sp³-hybridized carbons (Fsp3) is 0.222. The number of oxazole rings is 1. The summed E-state index contributed by atoms with van der Waals surface area (Å²) >= 11 is 5.94. The maximum absolute atomic E-state index is 11.7. The first-order valence-electron chi connectivity index (χ1n) is 7.70. The highest BCUT2D eigenvalue weighted by molar-refractivity contribution is 6.31. The summed E-state index contributed by atoms with van der Waals surface area (Å²) in [5.74, 6) is 0.125. The first kappa shape index (κ1) is 17.1. The molecule has 0 amide bonds. The Morgan fingerprint density at radius 1 is 1.32 bits per heavy atom. The van der Waals surface area contributed by atoms with Gasteiger partial charge in [0.05, 0.1) is 12.2 Å². The molecular formula is C18H16ClNO5. The maximum atomic E-state index is 11.7. The fourth-order valence-electron chi connectivity index (χ4n) is 2.29. The molecule has 1 N–H and O–H groups in total. The van der Waals surface area contributed by atoms with Crippen LogP contribution < -0.4 is 4.74 Å². The third kappa shape index (κ3) is 3.69. The van der Waals surface area contributed by atoms with Crippen molar-refractivity contribution in [3.63, 3.8) is 0 Å². The third-order valence-electron chi connectivity index (χ3n) is 3.48. The van der Waals surface area contributed by atoms with Gasteiger partial charge in [-0.15, -0.1) is 0 Å². The molecule has 7 heteroatoms. The Morgan fingerprint density at radius 3 is 2.88 bits per heavy atom. The number of phenols is 1. The molecule has 0 bridgehead atoms. The lowest BCUT2D eigenvalue weighted by molar-refractivity contribution is -0.150. The second kappa shape index (κ2) is 7.03. The summed E-state index contributed by atoms with van der Waals surface area (Å²) in [4.78, 5) is 16.0. The second-order valence-corrected chi connectivity index (χ2v) is 5.76. The SMILES string of the molecule is CCOC(=O)C(C)Oc1ccc(O)c(-c2nc3ccc(Cl)cc3o2)c1. The lowest BCUT2D eigenvalue weighted by Crippen LogP contribution is -2.26. The van der Waals surface area contributed by atoms with Gasteiger partial charge >= 0.3 is 5.97 Å². The summed E-state index contributed by atoms with van der Waals surface area (Å²) in [6, 6.07) is 9.63. The van der Waals surface area contributed by atoms with E-state index in [1.807, 2.05) is 0 Å². The molecule has 3 rings (SSSR count). The lowest BCUT2D eigenvalue weighted by Gasteiger charge is -2.14.